The van der Waals surface area contributed by atoms with Gasteiger partial charge in [-0.05, 0) is 57.2 Å². The maximum atomic E-state index is 5.77. The average Bonchev–Trinajstić information content (AvgIpc) is 2.85. The maximum absolute atomic E-state index is 5.77. The minimum atomic E-state index is 0.507. The van der Waals surface area contributed by atoms with Crippen LogP contribution in [0.15, 0.2) is 0 Å². The third-order valence-electron chi connectivity index (χ3n) is 3.32. The molecule has 2 N–H and O–H groups in total. The van der Waals surface area contributed by atoms with Gasteiger partial charge >= 0.3 is 0 Å². The lowest BCUT2D eigenvalue weighted by molar-refractivity contribution is 0.258. The van der Waals surface area contributed by atoms with Crippen LogP contribution >= 0.6 is 0 Å². The van der Waals surface area contributed by atoms with Crippen molar-refractivity contribution in [1.29, 1.82) is 0 Å². The van der Waals surface area contributed by atoms with E-state index in [1.807, 2.05) is 0 Å². The van der Waals surface area contributed by atoms with Gasteiger partial charge in [-0.2, -0.15) is 0 Å². The Morgan fingerprint density at radius 1 is 1.36 bits per heavy atom. The molecule has 1 fully saturated rings. The molecule has 84 valence electrons. The SMILES string of the molecule is CC(C)CCCN(C)CC1(CN)CC1. The molecule has 0 aromatic carbocycles. The van der Waals surface area contributed by atoms with E-state index in [4.69, 9.17) is 5.73 Å². The molecular formula is C12H26N2. The summed E-state index contributed by atoms with van der Waals surface area (Å²) in [4.78, 5) is 2.46. The molecule has 1 saturated carbocycles. The molecule has 0 amide bonds. The summed E-state index contributed by atoms with van der Waals surface area (Å²) in [6, 6.07) is 0. The van der Waals surface area contributed by atoms with Gasteiger partial charge in [-0.25, -0.2) is 0 Å². The van der Waals surface area contributed by atoms with Crippen LogP contribution in [0.1, 0.15) is 39.5 Å². The van der Waals surface area contributed by atoms with E-state index in [9.17, 15) is 0 Å². The normalized spacial score (nSPS) is 19.3. The van der Waals surface area contributed by atoms with Gasteiger partial charge in [0.2, 0.25) is 0 Å². The second-order valence-corrected chi connectivity index (χ2v) is 5.48. The van der Waals surface area contributed by atoms with Crippen molar-refractivity contribution in [2.24, 2.45) is 17.1 Å². The lowest BCUT2D eigenvalue weighted by Gasteiger charge is -2.22. The summed E-state index contributed by atoms with van der Waals surface area (Å²) in [7, 11) is 2.23. The second kappa shape index (κ2) is 5.13. The monoisotopic (exact) mass is 198 g/mol. The predicted octanol–water partition coefficient (Wildman–Crippen LogP) is 2.09. The molecule has 1 rings (SSSR count). The Morgan fingerprint density at radius 2 is 2.00 bits per heavy atom. The minimum absolute atomic E-state index is 0.507. The number of hydrogen-bond acceptors (Lipinski definition) is 2. The van der Waals surface area contributed by atoms with E-state index in [-0.39, 0.29) is 0 Å². The van der Waals surface area contributed by atoms with Crippen LogP contribution in [0, 0.1) is 11.3 Å². The van der Waals surface area contributed by atoms with Gasteiger partial charge in [0.1, 0.15) is 0 Å². The molecule has 2 nitrogen and oxygen atoms in total. The fourth-order valence-corrected chi connectivity index (χ4v) is 2.02. The third kappa shape index (κ3) is 3.97. The highest BCUT2D eigenvalue weighted by Crippen LogP contribution is 2.44. The van der Waals surface area contributed by atoms with Crippen LogP contribution in [-0.4, -0.2) is 31.6 Å². The molecule has 2 heteroatoms. The van der Waals surface area contributed by atoms with E-state index in [1.54, 1.807) is 0 Å². The highest BCUT2D eigenvalue weighted by atomic mass is 15.1. The predicted molar refractivity (Wildman–Crippen MR) is 62.3 cm³/mol. The van der Waals surface area contributed by atoms with Crippen molar-refractivity contribution in [3.05, 3.63) is 0 Å². The van der Waals surface area contributed by atoms with Gasteiger partial charge in [0, 0.05) is 6.54 Å². The summed E-state index contributed by atoms with van der Waals surface area (Å²) in [5.74, 6) is 0.841. The van der Waals surface area contributed by atoms with Crippen LogP contribution in [0.3, 0.4) is 0 Å². The molecule has 0 bridgehead atoms. The average molecular weight is 198 g/mol. The highest BCUT2D eigenvalue weighted by molar-refractivity contribution is 4.95. The Hall–Kier alpha value is -0.0800. The number of rotatable bonds is 7. The Morgan fingerprint density at radius 3 is 2.43 bits per heavy atom. The van der Waals surface area contributed by atoms with Crippen LogP contribution < -0.4 is 5.73 Å². The quantitative estimate of drug-likeness (QED) is 0.679. The smallest absolute Gasteiger partial charge is 0.00470 e. The van der Waals surface area contributed by atoms with Gasteiger partial charge in [0.05, 0.1) is 0 Å². The summed E-state index contributed by atoms with van der Waals surface area (Å²) in [6.45, 7) is 7.91. The lowest BCUT2D eigenvalue weighted by Crippen LogP contribution is -2.32. The second-order valence-electron chi connectivity index (χ2n) is 5.48. The summed E-state index contributed by atoms with van der Waals surface area (Å²) in [6.07, 6.45) is 5.37. The van der Waals surface area contributed by atoms with Gasteiger partial charge in [-0.1, -0.05) is 13.8 Å². The van der Waals surface area contributed by atoms with Crippen LogP contribution in [0.25, 0.3) is 0 Å². The molecule has 0 atom stereocenters. The molecule has 0 unspecified atom stereocenters. The van der Waals surface area contributed by atoms with E-state index in [0.717, 1.165) is 12.5 Å². The molecule has 14 heavy (non-hydrogen) atoms. The van der Waals surface area contributed by atoms with Gasteiger partial charge in [0.15, 0.2) is 0 Å². The number of nitrogens with two attached hydrogens (primary N) is 1. The Bertz CT molecular complexity index is 162. The summed E-state index contributed by atoms with van der Waals surface area (Å²) in [5.41, 5.74) is 6.27. The number of hydrogen-bond donors (Lipinski definition) is 1. The van der Waals surface area contributed by atoms with Crippen molar-refractivity contribution < 1.29 is 0 Å². The van der Waals surface area contributed by atoms with E-state index in [0.29, 0.717) is 5.41 Å². The van der Waals surface area contributed by atoms with E-state index >= 15 is 0 Å². The zero-order chi connectivity index (χ0) is 10.6. The van der Waals surface area contributed by atoms with Crippen molar-refractivity contribution in [3.8, 4) is 0 Å². The third-order valence-corrected chi connectivity index (χ3v) is 3.32. The van der Waals surface area contributed by atoms with Crippen molar-refractivity contribution >= 4 is 0 Å². The fourth-order valence-electron chi connectivity index (χ4n) is 2.02. The Labute approximate surface area is 88.8 Å². The molecule has 0 aliphatic heterocycles. The van der Waals surface area contributed by atoms with Crippen LogP contribution in [0.5, 0.6) is 0 Å². The van der Waals surface area contributed by atoms with Gasteiger partial charge in [0.25, 0.3) is 0 Å². The molecule has 1 aliphatic rings. The van der Waals surface area contributed by atoms with Crippen molar-refractivity contribution in [3.63, 3.8) is 0 Å². The first kappa shape index (κ1) is 12.0. The molecule has 0 saturated heterocycles. The van der Waals surface area contributed by atoms with Crippen LogP contribution in [0.2, 0.25) is 0 Å². The molecule has 0 aromatic rings. The van der Waals surface area contributed by atoms with Crippen LogP contribution in [0.4, 0.5) is 0 Å². The molecular weight excluding hydrogens is 172 g/mol. The fraction of sp³-hybridized carbons (Fsp3) is 1.00. The zero-order valence-electron chi connectivity index (χ0n) is 10.1. The van der Waals surface area contributed by atoms with Crippen molar-refractivity contribution in [1.82, 2.24) is 4.90 Å². The minimum Gasteiger partial charge on any atom is -0.330 e. The number of nitrogens with zero attached hydrogens (tertiary/aromatic N) is 1. The first-order chi connectivity index (χ1) is 6.58. The summed E-state index contributed by atoms with van der Waals surface area (Å²) >= 11 is 0. The standard InChI is InChI=1S/C12H26N2/c1-11(2)5-4-8-14(3)10-12(9-13)6-7-12/h11H,4-10,13H2,1-3H3. The van der Waals surface area contributed by atoms with E-state index in [1.165, 1.54) is 38.8 Å². The van der Waals surface area contributed by atoms with Crippen molar-refractivity contribution in [2.45, 2.75) is 39.5 Å². The Balaban J connectivity index is 2.07. The largest absolute Gasteiger partial charge is 0.330 e. The molecule has 0 aromatic heterocycles. The lowest BCUT2D eigenvalue weighted by atomic mass is 10.1. The molecule has 0 spiro atoms. The first-order valence-electron chi connectivity index (χ1n) is 5.97. The van der Waals surface area contributed by atoms with Crippen LogP contribution in [-0.2, 0) is 0 Å². The molecule has 0 heterocycles. The molecule has 0 radical (unpaired) electrons. The highest BCUT2D eigenvalue weighted by Gasteiger charge is 2.41. The van der Waals surface area contributed by atoms with Crippen molar-refractivity contribution in [2.75, 3.05) is 26.7 Å². The van der Waals surface area contributed by atoms with Gasteiger partial charge in [-0.3, -0.25) is 0 Å². The van der Waals surface area contributed by atoms with E-state index in [2.05, 4.69) is 25.8 Å². The summed E-state index contributed by atoms with van der Waals surface area (Å²) in [5, 5.41) is 0. The Kier molecular flexibility index (Phi) is 4.39. The zero-order valence-corrected chi connectivity index (χ0v) is 10.1. The first-order valence-corrected chi connectivity index (χ1v) is 5.97. The topological polar surface area (TPSA) is 29.3 Å². The maximum Gasteiger partial charge on any atom is 0.00470 e. The molecule has 1 aliphatic carbocycles. The van der Waals surface area contributed by atoms with Gasteiger partial charge < -0.3 is 10.6 Å². The summed E-state index contributed by atoms with van der Waals surface area (Å²) < 4.78 is 0. The van der Waals surface area contributed by atoms with E-state index < -0.39 is 0 Å². The van der Waals surface area contributed by atoms with Gasteiger partial charge in [-0.15, -0.1) is 0 Å².